The SMILES string of the molecule is CCOCCn1c(=O)cnc2cc(Cl)c(Cl)cc21. The van der Waals surface area contributed by atoms with E-state index in [9.17, 15) is 4.79 Å². The zero-order valence-corrected chi connectivity index (χ0v) is 11.3. The van der Waals surface area contributed by atoms with E-state index in [4.69, 9.17) is 27.9 Å². The van der Waals surface area contributed by atoms with Crippen molar-refractivity contribution in [2.75, 3.05) is 13.2 Å². The lowest BCUT2D eigenvalue weighted by atomic mass is 10.3. The summed E-state index contributed by atoms with van der Waals surface area (Å²) >= 11 is 11.9. The van der Waals surface area contributed by atoms with Gasteiger partial charge in [0.15, 0.2) is 0 Å². The molecular weight excluding hydrogens is 275 g/mol. The number of ether oxygens (including phenoxy) is 1. The van der Waals surface area contributed by atoms with Crippen LogP contribution < -0.4 is 5.56 Å². The zero-order valence-electron chi connectivity index (χ0n) is 9.82. The van der Waals surface area contributed by atoms with Gasteiger partial charge in [0.1, 0.15) is 0 Å². The Morgan fingerprint density at radius 1 is 1.33 bits per heavy atom. The maximum Gasteiger partial charge on any atom is 0.269 e. The van der Waals surface area contributed by atoms with E-state index in [0.29, 0.717) is 40.8 Å². The Kier molecular flexibility index (Phi) is 4.22. The van der Waals surface area contributed by atoms with Gasteiger partial charge in [0.25, 0.3) is 5.56 Å². The highest BCUT2D eigenvalue weighted by atomic mass is 35.5. The minimum Gasteiger partial charge on any atom is -0.380 e. The number of rotatable bonds is 4. The molecule has 0 bridgehead atoms. The molecule has 0 spiro atoms. The van der Waals surface area contributed by atoms with E-state index < -0.39 is 0 Å². The molecule has 0 fully saturated rings. The van der Waals surface area contributed by atoms with Crippen molar-refractivity contribution in [3.05, 3.63) is 38.7 Å². The Hall–Kier alpha value is -1.10. The summed E-state index contributed by atoms with van der Waals surface area (Å²) in [5.41, 5.74) is 1.12. The molecule has 2 rings (SSSR count). The molecule has 1 aromatic carbocycles. The summed E-state index contributed by atoms with van der Waals surface area (Å²) in [7, 11) is 0. The molecule has 0 saturated carbocycles. The molecule has 1 aromatic heterocycles. The summed E-state index contributed by atoms with van der Waals surface area (Å²) in [5, 5.41) is 0.827. The van der Waals surface area contributed by atoms with Crippen LogP contribution >= 0.6 is 23.2 Å². The highest BCUT2D eigenvalue weighted by Gasteiger charge is 2.07. The molecule has 0 unspecified atom stereocenters. The van der Waals surface area contributed by atoms with Gasteiger partial charge in [-0.1, -0.05) is 23.2 Å². The highest BCUT2D eigenvalue weighted by molar-refractivity contribution is 6.42. The van der Waals surface area contributed by atoms with Crippen LogP contribution in [0.1, 0.15) is 6.92 Å². The second-order valence-electron chi connectivity index (χ2n) is 3.70. The average molecular weight is 287 g/mol. The first-order chi connectivity index (χ1) is 8.63. The predicted octanol–water partition coefficient (Wildman–Crippen LogP) is 2.74. The van der Waals surface area contributed by atoms with Crippen LogP contribution in [0.2, 0.25) is 10.0 Å². The Morgan fingerprint density at radius 2 is 2.06 bits per heavy atom. The number of fused-ring (bicyclic) bond motifs is 1. The smallest absolute Gasteiger partial charge is 0.269 e. The predicted molar refractivity (Wildman–Crippen MR) is 72.5 cm³/mol. The molecule has 4 nitrogen and oxygen atoms in total. The number of aromatic nitrogens is 2. The summed E-state index contributed by atoms with van der Waals surface area (Å²) in [6.07, 6.45) is 1.28. The first kappa shape index (κ1) is 13.3. The van der Waals surface area contributed by atoms with Crippen LogP contribution in [0.25, 0.3) is 11.0 Å². The van der Waals surface area contributed by atoms with Crippen LogP contribution in [0.3, 0.4) is 0 Å². The fourth-order valence-corrected chi connectivity index (χ4v) is 2.01. The lowest BCUT2D eigenvalue weighted by Crippen LogP contribution is -2.22. The Bertz CT molecular complexity index is 625. The van der Waals surface area contributed by atoms with Crippen molar-refractivity contribution in [1.29, 1.82) is 0 Å². The molecule has 2 aromatic rings. The van der Waals surface area contributed by atoms with Gasteiger partial charge in [-0.25, -0.2) is 4.98 Å². The topological polar surface area (TPSA) is 44.1 Å². The fraction of sp³-hybridized carbons (Fsp3) is 0.333. The van der Waals surface area contributed by atoms with Crippen molar-refractivity contribution in [2.24, 2.45) is 0 Å². The molecule has 0 atom stereocenters. The second-order valence-corrected chi connectivity index (χ2v) is 4.51. The van der Waals surface area contributed by atoms with E-state index in [1.807, 2.05) is 6.92 Å². The van der Waals surface area contributed by atoms with Gasteiger partial charge in [0, 0.05) is 13.2 Å². The van der Waals surface area contributed by atoms with Gasteiger partial charge >= 0.3 is 0 Å². The van der Waals surface area contributed by atoms with Crippen molar-refractivity contribution in [2.45, 2.75) is 13.5 Å². The van der Waals surface area contributed by atoms with Crippen LogP contribution in [0, 0.1) is 0 Å². The minimum absolute atomic E-state index is 0.180. The number of benzene rings is 1. The summed E-state index contributed by atoms with van der Waals surface area (Å²) in [6, 6.07) is 3.30. The fourth-order valence-electron chi connectivity index (χ4n) is 1.69. The maximum absolute atomic E-state index is 11.8. The van der Waals surface area contributed by atoms with Crippen LogP contribution in [0.4, 0.5) is 0 Å². The molecule has 1 heterocycles. The molecule has 6 heteroatoms. The molecule has 0 aliphatic heterocycles. The third-order valence-electron chi connectivity index (χ3n) is 2.55. The van der Waals surface area contributed by atoms with Gasteiger partial charge in [-0.15, -0.1) is 0 Å². The molecule has 96 valence electrons. The number of halogens is 2. The van der Waals surface area contributed by atoms with E-state index in [0.717, 1.165) is 0 Å². The van der Waals surface area contributed by atoms with Crippen LogP contribution in [-0.4, -0.2) is 22.8 Å². The summed E-state index contributed by atoms with van der Waals surface area (Å²) in [6.45, 7) is 3.45. The first-order valence-electron chi connectivity index (χ1n) is 5.56. The van der Waals surface area contributed by atoms with Crippen molar-refractivity contribution < 1.29 is 4.74 Å². The van der Waals surface area contributed by atoms with Crippen LogP contribution in [-0.2, 0) is 11.3 Å². The van der Waals surface area contributed by atoms with E-state index >= 15 is 0 Å². The van der Waals surface area contributed by atoms with Gasteiger partial charge in [-0.3, -0.25) is 4.79 Å². The molecule has 0 aliphatic carbocycles. The normalized spacial score (nSPS) is 11.1. The zero-order chi connectivity index (χ0) is 13.1. The van der Waals surface area contributed by atoms with Gasteiger partial charge < -0.3 is 9.30 Å². The van der Waals surface area contributed by atoms with Crippen molar-refractivity contribution >= 4 is 34.2 Å². The standard InChI is InChI=1S/C12H12Cl2N2O2/c1-2-18-4-3-16-11-6-9(14)8(13)5-10(11)15-7-12(16)17/h5-7H,2-4H2,1H3. The first-order valence-corrected chi connectivity index (χ1v) is 6.31. The molecular formula is C12H12Cl2N2O2. The van der Waals surface area contributed by atoms with Crippen LogP contribution in [0.15, 0.2) is 23.1 Å². The van der Waals surface area contributed by atoms with E-state index in [2.05, 4.69) is 4.98 Å². The van der Waals surface area contributed by atoms with Crippen molar-refractivity contribution in [3.8, 4) is 0 Å². The molecule has 0 N–H and O–H groups in total. The van der Waals surface area contributed by atoms with E-state index in [-0.39, 0.29) is 5.56 Å². The monoisotopic (exact) mass is 286 g/mol. The third kappa shape index (κ3) is 2.66. The summed E-state index contributed by atoms with van der Waals surface area (Å²) < 4.78 is 6.84. The van der Waals surface area contributed by atoms with Crippen LogP contribution in [0.5, 0.6) is 0 Å². The van der Waals surface area contributed by atoms with E-state index in [1.165, 1.54) is 6.20 Å². The van der Waals surface area contributed by atoms with E-state index in [1.54, 1.807) is 16.7 Å². The quantitative estimate of drug-likeness (QED) is 0.812. The van der Waals surface area contributed by atoms with Crippen molar-refractivity contribution in [1.82, 2.24) is 9.55 Å². The average Bonchev–Trinajstić information content (AvgIpc) is 2.35. The molecule has 0 aliphatic rings. The molecule has 0 radical (unpaired) electrons. The number of hydrogen-bond donors (Lipinski definition) is 0. The third-order valence-corrected chi connectivity index (χ3v) is 3.27. The molecule has 18 heavy (non-hydrogen) atoms. The lowest BCUT2D eigenvalue weighted by molar-refractivity contribution is 0.139. The van der Waals surface area contributed by atoms with Gasteiger partial charge in [-0.2, -0.15) is 0 Å². The Morgan fingerprint density at radius 3 is 2.78 bits per heavy atom. The molecule has 0 amide bonds. The Labute approximate surface area is 114 Å². The highest BCUT2D eigenvalue weighted by Crippen LogP contribution is 2.25. The Balaban J connectivity index is 2.52. The van der Waals surface area contributed by atoms with Gasteiger partial charge in [0.05, 0.1) is 33.9 Å². The maximum atomic E-state index is 11.8. The summed E-state index contributed by atoms with van der Waals surface area (Å²) in [4.78, 5) is 15.8. The second kappa shape index (κ2) is 5.69. The van der Waals surface area contributed by atoms with Gasteiger partial charge in [0.2, 0.25) is 0 Å². The van der Waals surface area contributed by atoms with Crippen molar-refractivity contribution in [3.63, 3.8) is 0 Å². The van der Waals surface area contributed by atoms with Gasteiger partial charge in [-0.05, 0) is 19.1 Å². The number of nitrogens with zero attached hydrogens (tertiary/aromatic N) is 2. The summed E-state index contributed by atoms with van der Waals surface area (Å²) in [5.74, 6) is 0. The minimum atomic E-state index is -0.180. The largest absolute Gasteiger partial charge is 0.380 e. The lowest BCUT2D eigenvalue weighted by Gasteiger charge is -2.10. The number of hydrogen-bond acceptors (Lipinski definition) is 3. The molecule has 0 saturated heterocycles.